The Morgan fingerprint density at radius 3 is 2.61 bits per heavy atom. The van der Waals surface area contributed by atoms with Crippen molar-refractivity contribution in [3.8, 4) is 11.5 Å². The smallest absolute Gasteiger partial charge is 0.266 e. The van der Waals surface area contributed by atoms with Gasteiger partial charge in [0.25, 0.3) is 10.0 Å². The fourth-order valence-corrected chi connectivity index (χ4v) is 6.88. The van der Waals surface area contributed by atoms with E-state index in [1.165, 1.54) is 15.6 Å². The third kappa shape index (κ3) is 4.73. The monoisotopic (exact) mass is 586 g/mol. The van der Waals surface area contributed by atoms with E-state index in [4.69, 9.17) is 15.2 Å². The van der Waals surface area contributed by atoms with Crippen molar-refractivity contribution in [2.75, 3.05) is 35.2 Å². The fourth-order valence-electron chi connectivity index (χ4n) is 3.97. The van der Waals surface area contributed by atoms with Gasteiger partial charge in [-0.3, -0.25) is 0 Å². The molecule has 0 amide bonds. The Labute approximate surface area is 222 Å². The average Bonchev–Trinajstić information content (AvgIpc) is 3.41. The van der Waals surface area contributed by atoms with Crippen molar-refractivity contribution < 1.29 is 17.9 Å². The number of thiazole rings is 1. The van der Waals surface area contributed by atoms with Crippen molar-refractivity contribution in [2.24, 2.45) is 0 Å². The molecule has 2 N–H and O–H groups in total. The number of nitrogens with zero attached hydrogens (tertiary/aromatic N) is 3. The van der Waals surface area contributed by atoms with Crippen LogP contribution in [0.15, 0.2) is 81.6 Å². The number of benzene rings is 3. The van der Waals surface area contributed by atoms with Crippen LogP contribution in [0.5, 0.6) is 11.5 Å². The van der Waals surface area contributed by atoms with E-state index < -0.39 is 10.0 Å². The molecule has 186 valence electrons. The first-order valence-electron chi connectivity index (χ1n) is 11.0. The van der Waals surface area contributed by atoms with Gasteiger partial charge in [0, 0.05) is 27.8 Å². The lowest BCUT2D eigenvalue weighted by atomic mass is 10.2. The summed E-state index contributed by atoms with van der Waals surface area (Å²) in [6, 6.07) is 17.9. The van der Waals surface area contributed by atoms with Crippen LogP contribution in [0.3, 0.4) is 0 Å². The first-order chi connectivity index (χ1) is 17.4. The fraction of sp³-hybridized carbons (Fsp3) is 0.160. The minimum absolute atomic E-state index is 0.127. The Hall–Kier alpha value is -3.28. The first kappa shape index (κ1) is 24.4. The highest BCUT2D eigenvalue weighted by Gasteiger charge is 2.30. The Morgan fingerprint density at radius 1 is 1.14 bits per heavy atom. The van der Waals surface area contributed by atoms with Gasteiger partial charge in [-0.1, -0.05) is 12.1 Å². The minimum Gasteiger partial charge on any atom is -0.497 e. The molecular weight excluding hydrogens is 564 g/mol. The van der Waals surface area contributed by atoms with E-state index >= 15 is 0 Å². The third-order valence-electron chi connectivity index (χ3n) is 5.76. The predicted octanol–water partition coefficient (Wildman–Crippen LogP) is 5.42. The normalized spacial score (nSPS) is 13.1. The second-order valence-corrected chi connectivity index (χ2v) is 11.6. The SMILES string of the molecule is COc1ccc(CN(c2nccs2)S(=O)(=O)c2ccc3c(c2)OCCN3c2ccc(N)cc2Br)cc1. The van der Waals surface area contributed by atoms with Gasteiger partial charge in [0.2, 0.25) is 0 Å². The van der Waals surface area contributed by atoms with E-state index in [2.05, 4.69) is 25.8 Å². The highest BCUT2D eigenvalue weighted by Crippen LogP contribution is 2.42. The lowest BCUT2D eigenvalue weighted by molar-refractivity contribution is 0.313. The summed E-state index contributed by atoms with van der Waals surface area (Å²) in [4.78, 5) is 6.49. The summed E-state index contributed by atoms with van der Waals surface area (Å²) < 4.78 is 41.0. The zero-order chi connectivity index (χ0) is 25.3. The molecule has 1 aliphatic rings. The molecular formula is C25H23BrN4O4S2. The molecule has 0 atom stereocenters. The summed E-state index contributed by atoms with van der Waals surface area (Å²) in [5.74, 6) is 1.20. The second kappa shape index (κ2) is 10.00. The zero-order valence-electron chi connectivity index (χ0n) is 19.3. The predicted molar refractivity (Wildman–Crippen MR) is 146 cm³/mol. The van der Waals surface area contributed by atoms with Crippen molar-refractivity contribution >= 4 is 59.5 Å². The number of anilines is 4. The standard InChI is InChI=1S/C25H23BrN4O4S2/c1-33-19-5-2-17(3-6-19)16-30(25-28-10-13-35-25)36(31,32)20-7-9-23-24(15-20)34-12-11-29(23)22-8-4-18(27)14-21(22)26/h2-10,13-15H,11-12,16,27H2,1H3. The molecule has 0 saturated heterocycles. The lowest BCUT2D eigenvalue weighted by Crippen LogP contribution is -2.31. The van der Waals surface area contributed by atoms with Gasteiger partial charge in [0.1, 0.15) is 18.1 Å². The number of methoxy groups -OCH3 is 1. The van der Waals surface area contributed by atoms with Crippen LogP contribution >= 0.6 is 27.3 Å². The van der Waals surface area contributed by atoms with Crippen molar-refractivity contribution in [3.05, 3.63) is 82.3 Å². The molecule has 0 aliphatic carbocycles. The molecule has 0 fully saturated rings. The molecule has 3 aromatic carbocycles. The molecule has 0 radical (unpaired) electrons. The van der Waals surface area contributed by atoms with E-state index in [9.17, 15) is 8.42 Å². The molecule has 2 heterocycles. The largest absolute Gasteiger partial charge is 0.497 e. The molecule has 4 aromatic rings. The van der Waals surface area contributed by atoms with Crippen LogP contribution in [0.1, 0.15) is 5.56 Å². The number of nitrogen functional groups attached to an aromatic ring is 1. The summed E-state index contributed by atoms with van der Waals surface area (Å²) in [5.41, 5.74) is 9.07. The van der Waals surface area contributed by atoms with Crippen LogP contribution in [0.25, 0.3) is 0 Å². The zero-order valence-corrected chi connectivity index (χ0v) is 22.5. The topological polar surface area (TPSA) is 98.0 Å². The number of rotatable bonds is 7. The average molecular weight is 588 g/mol. The van der Waals surface area contributed by atoms with Crippen molar-refractivity contribution in [1.82, 2.24) is 4.98 Å². The highest BCUT2D eigenvalue weighted by atomic mass is 79.9. The Kier molecular flexibility index (Phi) is 6.78. The maximum atomic E-state index is 13.9. The highest BCUT2D eigenvalue weighted by molar-refractivity contribution is 9.10. The molecule has 0 unspecified atom stereocenters. The maximum absolute atomic E-state index is 13.9. The van der Waals surface area contributed by atoms with Gasteiger partial charge in [-0.15, -0.1) is 11.3 Å². The van der Waals surface area contributed by atoms with Crippen molar-refractivity contribution in [2.45, 2.75) is 11.4 Å². The lowest BCUT2D eigenvalue weighted by Gasteiger charge is -2.32. The van der Waals surface area contributed by atoms with Gasteiger partial charge in [-0.05, 0) is 64.0 Å². The van der Waals surface area contributed by atoms with Crippen LogP contribution in [0.4, 0.5) is 22.2 Å². The Balaban J connectivity index is 1.51. The maximum Gasteiger partial charge on any atom is 0.266 e. The number of sulfonamides is 1. The third-order valence-corrected chi connectivity index (χ3v) is 9.04. The molecule has 1 aromatic heterocycles. The van der Waals surface area contributed by atoms with E-state index in [1.54, 1.807) is 49.0 Å². The number of hydrogen-bond donors (Lipinski definition) is 1. The van der Waals surface area contributed by atoms with Crippen molar-refractivity contribution in [3.63, 3.8) is 0 Å². The van der Waals surface area contributed by atoms with Crippen LogP contribution in [-0.2, 0) is 16.6 Å². The van der Waals surface area contributed by atoms with Gasteiger partial charge < -0.3 is 20.1 Å². The van der Waals surface area contributed by atoms with Gasteiger partial charge in [-0.2, -0.15) is 0 Å². The van der Waals surface area contributed by atoms with Gasteiger partial charge in [-0.25, -0.2) is 17.7 Å². The summed E-state index contributed by atoms with van der Waals surface area (Å²) >= 11 is 4.85. The number of ether oxygens (including phenoxy) is 2. The number of nitrogens with two attached hydrogens (primary N) is 1. The second-order valence-electron chi connectivity index (χ2n) is 8.01. The van der Waals surface area contributed by atoms with E-state index in [-0.39, 0.29) is 11.4 Å². The molecule has 1 aliphatic heterocycles. The first-order valence-corrected chi connectivity index (χ1v) is 14.1. The molecule has 11 heteroatoms. The molecule has 0 spiro atoms. The molecule has 0 saturated carbocycles. The van der Waals surface area contributed by atoms with Crippen LogP contribution in [0.2, 0.25) is 0 Å². The molecule has 0 bridgehead atoms. The van der Waals surface area contributed by atoms with Gasteiger partial charge in [0.15, 0.2) is 5.13 Å². The summed E-state index contributed by atoms with van der Waals surface area (Å²) in [6.07, 6.45) is 1.59. The van der Waals surface area contributed by atoms with Crippen LogP contribution in [-0.4, -0.2) is 33.7 Å². The number of fused-ring (bicyclic) bond motifs is 1. The molecule has 8 nitrogen and oxygen atoms in total. The number of aromatic nitrogens is 1. The Bertz CT molecular complexity index is 1480. The number of halogens is 1. The summed E-state index contributed by atoms with van der Waals surface area (Å²) in [7, 11) is -2.35. The quantitative estimate of drug-likeness (QED) is 0.288. The van der Waals surface area contributed by atoms with Gasteiger partial charge in [0.05, 0.1) is 36.5 Å². The summed E-state index contributed by atoms with van der Waals surface area (Å²) in [5, 5.41) is 2.14. The molecule has 36 heavy (non-hydrogen) atoms. The number of hydrogen-bond acceptors (Lipinski definition) is 8. The molecule has 5 rings (SSSR count). The van der Waals surface area contributed by atoms with E-state index in [0.29, 0.717) is 35.5 Å². The van der Waals surface area contributed by atoms with E-state index in [1.807, 2.05) is 30.3 Å². The Morgan fingerprint density at radius 2 is 1.92 bits per heavy atom. The van der Waals surface area contributed by atoms with Crippen LogP contribution < -0.4 is 24.4 Å². The van der Waals surface area contributed by atoms with Crippen molar-refractivity contribution in [1.29, 1.82) is 0 Å². The van der Waals surface area contributed by atoms with Gasteiger partial charge >= 0.3 is 0 Å². The summed E-state index contributed by atoms with van der Waals surface area (Å²) in [6.45, 7) is 1.15. The van der Waals surface area contributed by atoms with Crippen LogP contribution in [0, 0.1) is 0 Å². The minimum atomic E-state index is -3.94. The van der Waals surface area contributed by atoms with E-state index in [0.717, 1.165) is 21.4 Å².